The molecule has 2 heterocycles. The summed E-state index contributed by atoms with van der Waals surface area (Å²) in [6, 6.07) is 5.66. The van der Waals surface area contributed by atoms with Crippen LogP contribution in [0.5, 0.6) is 0 Å². The lowest BCUT2D eigenvalue weighted by molar-refractivity contribution is 0.102. The summed E-state index contributed by atoms with van der Waals surface area (Å²) in [7, 11) is 0. The van der Waals surface area contributed by atoms with Gasteiger partial charge in [0.2, 0.25) is 0 Å². The monoisotopic (exact) mass is 397 g/mol. The summed E-state index contributed by atoms with van der Waals surface area (Å²) in [5.74, 6) is -0.284. The van der Waals surface area contributed by atoms with E-state index in [1.165, 1.54) is 11.3 Å². The summed E-state index contributed by atoms with van der Waals surface area (Å²) in [6.45, 7) is 4.04. The van der Waals surface area contributed by atoms with Crippen LogP contribution in [-0.4, -0.2) is 15.9 Å². The van der Waals surface area contributed by atoms with E-state index in [9.17, 15) is 4.79 Å². The van der Waals surface area contributed by atoms with Gasteiger partial charge < -0.3 is 4.98 Å². The van der Waals surface area contributed by atoms with Crippen molar-refractivity contribution in [2.45, 2.75) is 20.3 Å². The number of hydrogen-bond acceptors (Lipinski definition) is 3. The van der Waals surface area contributed by atoms with E-state index in [0.29, 0.717) is 15.8 Å². The van der Waals surface area contributed by atoms with Crippen LogP contribution in [0.4, 0.5) is 5.13 Å². The van der Waals surface area contributed by atoms with Crippen LogP contribution >= 0.6 is 38.9 Å². The molecule has 1 amide bonds. The van der Waals surface area contributed by atoms with Crippen molar-refractivity contribution in [3.63, 3.8) is 0 Å². The van der Waals surface area contributed by atoms with Gasteiger partial charge >= 0.3 is 0 Å². The Morgan fingerprint density at radius 2 is 2.27 bits per heavy atom. The van der Waals surface area contributed by atoms with Crippen LogP contribution < -0.4 is 5.32 Å². The van der Waals surface area contributed by atoms with Gasteiger partial charge in [0.05, 0.1) is 10.7 Å². The Kier molecular flexibility index (Phi) is 4.25. The molecule has 0 saturated heterocycles. The van der Waals surface area contributed by atoms with Gasteiger partial charge in [-0.2, -0.15) is 0 Å². The average molecular weight is 399 g/mol. The third-order valence-corrected chi connectivity index (χ3v) is 5.19. The molecule has 114 valence electrons. The van der Waals surface area contributed by atoms with Gasteiger partial charge in [0, 0.05) is 20.3 Å². The largest absolute Gasteiger partial charge is 0.349 e. The molecule has 0 aliphatic heterocycles. The first-order valence-electron chi connectivity index (χ1n) is 6.74. The molecule has 0 aliphatic rings. The Balaban J connectivity index is 1.93. The summed E-state index contributed by atoms with van der Waals surface area (Å²) in [5, 5.41) is 4.63. The summed E-state index contributed by atoms with van der Waals surface area (Å²) in [4.78, 5) is 21.0. The van der Waals surface area contributed by atoms with E-state index in [0.717, 1.165) is 32.4 Å². The van der Waals surface area contributed by atoms with Crippen molar-refractivity contribution in [1.29, 1.82) is 0 Å². The van der Waals surface area contributed by atoms with Crippen molar-refractivity contribution in [2.24, 2.45) is 0 Å². The van der Waals surface area contributed by atoms with E-state index >= 15 is 0 Å². The molecule has 0 aliphatic carbocycles. The van der Waals surface area contributed by atoms with Gasteiger partial charge in [-0.15, -0.1) is 11.3 Å². The molecule has 2 N–H and O–H groups in total. The fraction of sp³-hybridized carbons (Fsp3) is 0.200. The number of fused-ring (bicyclic) bond motifs is 1. The van der Waals surface area contributed by atoms with Crippen molar-refractivity contribution in [2.75, 3.05) is 5.32 Å². The minimum absolute atomic E-state index is 0.284. The molecule has 3 aromatic rings. The Morgan fingerprint density at radius 1 is 1.50 bits per heavy atom. The lowest BCUT2D eigenvalue weighted by Gasteiger charge is -1.99. The van der Waals surface area contributed by atoms with Crippen LogP contribution in [0, 0.1) is 6.92 Å². The summed E-state index contributed by atoms with van der Waals surface area (Å²) < 4.78 is 0.913. The lowest BCUT2D eigenvalue weighted by atomic mass is 10.2. The highest BCUT2D eigenvalue weighted by atomic mass is 79.9. The number of amides is 1. The van der Waals surface area contributed by atoms with Crippen LogP contribution in [0.25, 0.3) is 10.9 Å². The molecule has 1 aromatic carbocycles. The quantitative estimate of drug-likeness (QED) is 0.640. The zero-order chi connectivity index (χ0) is 15.9. The summed E-state index contributed by atoms with van der Waals surface area (Å²) in [5.41, 5.74) is 2.18. The fourth-order valence-electron chi connectivity index (χ4n) is 2.26. The maximum absolute atomic E-state index is 12.4. The number of aromatic amines is 1. The first-order valence-corrected chi connectivity index (χ1v) is 8.72. The summed E-state index contributed by atoms with van der Waals surface area (Å²) >= 11 is 11.2. The molecule has 7 heteroatoms. The van der Waals surface area contributed by atoms with E-state index in [2.05, 4.69) is 31.2 Å². The highest BCUT2D eigenvalue weighted by Crippen LogP contribution is 2.31. The average Bonchev–Trinajstić information content (AvgIpc) is 2.99. The van der Waals surface area contributed by atoms with Gasteiger partial charge in [0.1, 0.15) is 5.69 Å². The van der Waals surface area contributed by atoms with Crippen LogP contribution in [-0.2, 0) is 6.42 Å². The number of halogens is 2. The fourth-order valence-corrected chi connectivity index (χ4v) is 3.80. The van der Waals surface area contributed by atoms with Crippen molar-refractivity contribution < 1.29 is 4.79 Å². The minimum atomic E-state index is -0.284. The second-order valence-electron chi connectivity index (χ2n) is 4.83. The Bertz CT molecular complexity index is 871. The molecule has 22 heavy (non-hydrogen) atoms. The predicted molar refractivity (Wildman–Crippen MR) is 95.2 cm³/mol. The molecule has 0 saturated carbocycles. The van der Waals surface area contributed by atoms with Gasteiger partial charge in [-0.3, -0.25) is 10.1 Å². The maximum Gasteiger partial charge on any atom is 0.275 e. The molecule has 4 nitrogen and oxygen atoms in total. The van der Waals surface area contributed by atoms with E-state index in [1.54, 1.807) is 0 Å². The Hall–Kier alpha value is -1.37. The van der Waals surface area contributed by atoms with Gasteiger partial charge in [-0.05, 0) is 31.5 Å². The molecule has 0 unspecified atom stereocenters. The normalized spacial score (nSPS) is 11.1. The second kappa shape index (κ2) is 6.02. The smallest absolute Gasteiger partial charge is 0.275 e. The van der Waals surface area contributed by atoms with Gasteiger partial charge in [0.15, 0.2) is 5.13 Å². The number of benzene rings is 1. The zero-order valence-corrected chi connectivity index (χ0v) is 15.1. The van der Waals surface area contributed by atoms with Crippen molar-refractivity contribution in [3.8, 4) is 0 Å². The first kappa shape index (κ1) is 15.5. The number of thiazole rings is 1. The molecule has 0 atom stereocenters. The third kappa shape index (κ3) is 2.78. The van der Waals surface area contributed by atoms with Gasteiger partial charge in [-0.1, -0.05) is 34.5 Å². The van der Waals surface area contributed by atoms with Crippen LogP contribution in [0.2, 0.25) is 5.02 Å². The Labute approximate surface area is 145 Å². The van der Waals surface area contributed by atoms with Crippen molar-refractivity contribution >= 4 is 60.8 Å². The predicted octanol–water partition coefficient (Wildman–Crippen LogP) is 5.16. The number of nitrogens with one attached hydrogen (secondary N) is 2. The molecular weight excluding hydrogens is 386 g/mol. The number of anilines is 1. The number of hydrogen-bond donors (Lipinski definition) is 2. The molecular formula is C15H13BrClN3OS. The number of aromatic nitrogens is 2. The van der Waals surface area contributed by atoms with Gasteiger partial charge in [-0.25, -0.2) is 4.98 Å². The Morgan fingerprint density at radius 3 is 2.95 bits per heavy atom. The number of nitrogens with zero attached hydrogens (tertiary/aromatic N) is 1. The molecule has 0 bridgehead atoms. The van der Waals surface area contributed by atoms with E-state index < -0.39 is 0 Å². The van der Waals surface area contributed by atoms with Crippen molar-refractivity contribution in [3.05, 3.63) is 44.0 Å². The zero-order valence-electron chi connectivity index (χ0n) is 12.0. The van der Waals surface area contributed by atoms with Gasteiger partial charge in [0.25, 0.3) is 5.91 Å². The first-order chi connectivity index (χ1) is 10.5. The number of carbonyl (C=O) groups is 1. The molecule has 3 rings (SSSR count). The summed E-state index contributed by atoms with van der Waals surface area (Å²) in [6.07, 6.45) is 0.847. The maximum atomic E-state index is 12.4. The topological polar surface area (TPSA) is 57.8 Å². The van der Waals surface area contributed by atoms with Crippen LogP contribution in [0.15, 0.2) is 22.7 Å². The third-order valence-electron chi connectivity index (χ3n) is 3.37. The number of carbonyl (C=O) groups excluding carboxylic acids is 1. The van der Waals surface area contributed by atoms with E-state index in [1.807, 2.05) is 32.0 Å². The molecule has 2 aromatic heterocycles. The minimum Gasteiger partial charge on any atom is -0.349 e. The highest BCUT2D eigenvalue weighted by Gasteiger charge is 2.18. The van der Waals surface area contributed by atoms with E-state index in [-0.39, 0.29) is 5.91 Å². The molecule has 0 fully saturated rings. The van der Waals surface area contributed by atoms with E-state index in [4.69, 9.17) is 11.6 Å². The molecule has 0 spiro atoms. The standard InChI is InChI=1S/C15H13BrClN3OS/c1-3-10-7(2)22-15(19-10)20-14(21)13-12(17)9-6-8(16)4-5-11(9)18-13/h4-6,18H,3H2,1-2H3,(H,19,20,21). The number of rotatable bonds is 3. The molecule has 0 radical (unpaired) electrons. The highest BCUT2D eigenvalue weighted by molar-refractivity contribution is 9.10. The van der Waals surface area contributed by atoms with Crippen LogP contribution in [0.3, 0.4) is 0 Å². The number of H-pyrrole nitrogens is 1. The lowest BCUT2D eigenvalue weighted by Crippen LogP contribution is -2.12. The van der Waals surface area contributed by atoms with Crippen molar-refractivity contribution in [1.82, 2.24) is 9.97 Å². The SMILES string of the molecule is CCc1nc(NC(=O)c2[nH]c3ccc(Br)cc3c2Cl)sc1C. The number of aryl methyl sites for hydroxylation is 2. The second-order valence-corrected chi connectivity index (χ2v) is 7.33. The van der Waals surface area contributed by atoms with Crippen LogP contribution in [0.1, 0.15) is 28.0 Å².